The third-order valence-corrected chi connectivity index (χ3v) is 4.50. The van der Waals surface area contributed by atoms with Gasteiger partial charge in [0.2, 0.25) is 0 Å². The smallest absolute Gasteiger partial charge is 0.274 e. The molecule has 132 valence electrons. The molecule has 3 heterocycles. The van der Waals surface area contributed by atoms with Gasteiger partial charge in [-0.2, -0.15) is 5.10 Å². The highest BCUT2D eigenvalue weighted by atomic mass is 16.3. The molecule has 0 fully saturated rings. The molecule has 4 rings (SSSR count). The van der Waals surface area contributed by atoms with Crippen LogP contribution in [0.25, 0.3) is 0 Å². The van der Waals surface area contributed by atoms with Crippen LogP contribution in [-0.4, -0.2) is 42.2 Å². The minimum Gasteiger partial charge on any atom is -0.382 e. The second-order valence-corrected chi connectivity index (χ2v) is 6.37. The maximum absolute atomic E-state index is 12.6. The second kappa shape index (κ2) is 6.68. The molecule has 7 nitrogen and oxygen atoms in total. The summed E-state index contributed by atoms with van der Waals surface area (Å²) in [6.07, 6.45) is 2.32. The predicted molar refractivity (Wildman–Crippen MR) is 94.2 cm³/mol. The fourth-order valence-corrected chi connectivity index (χ4v) is 3.07. The van der Waals surface area contributed by atoms with Crippen LogP contribution in [0.1, 0.15) is 39.2 Å². The van der Waals surface area contributed by atoms with Gasteiger partial charge in [0.25, 0.3) is 5.91 Å². The number of hydrogen-bond donors (Lipinski definition) is 1. The SMILES string of the molecule is Cc1cnc(C(=O)N2CCn3nc([C@H](O)c4ccccc4)cc3C2)cn1. The third-order valence-electron chi connectivity index (χ3n) is 4.50. The predicted octanol–water partition coefficient (Wildman–Crippen LogP) is 1.72. The molecule has 0 aliphatic carbocycles. The van der Waals surface area contributed by atoms with Gasteiger partial charge in [-0.05, 0) is 18.6 Å². The zero-order valence-electron chi connectivity index (χ0n) is 14.4. The van der Waals surface area contributed by atoms with E-state index in [2.05, 4.69) is 15.1 Å². The van der Waals surface area contributed by atoms with E-state index >= 15 is 0 Å². The molecular formula is C19H19N5O2. The molecule has 1 N–H and O–H groups in total. The van der Waals surface area contributed by atoms with Crippen molar-refractivity contribution >= 4 is 5.91 Å². The van der Waals surface area contributed by atoms with Crippen LogP contribution in [0.3, 0.4) is 0 Å². The van der Waals surface area contributed by atoms with E-state index in [1.807, 2.05) is 48.0 Å². The van der Waals surface area contributed by atoms with Gasteiger partial charge in [-0.15, -0.1) is 0 Å². The lowest BCUT2D eigenvalue weighted by Gasteiger charge is -2.27. The highest BCUT2D eigenvalue weighted by molar-refractivity contribution is 5.92. The van der Waals surface area contributed by atoms with E-state index in [4.69, 9.17) is 0 Å². The van der Waals surface area contributed by atoms with Gasteiger partial charge in [0.15, 0.2) is 0 Å². The molecule has 0 saturated heterocycles. The van der Waals surface area contributed by atoms with Crippen LogP contribution in [0, 0.1) is 6.92 Å². The van der Waals surface area contributed by atoms with Gasteiger partial charge in [0.05, 0.1) is 36.4 Å². The molecule has 1 aliphatic heterocycles. The van der Waals surface area contributed by atoms with E-state index in [9.17, 15) is 9.90 Å². The molecule has 0 saturated carbocycles. The Balaban J connectivity index is 1.53. The van der Waals surface area contributed by atoms with Crippen LogP contribution in [0.5, 0.6) is 0 Å². The number of carbonyl (C=O) groups is 1. The van der Waals surface area contributed by atoms with E-state index in [0.29, 0.717) is 31.0 Å². The minimum atomic E-state index is -0.776. The molecule has 1 atom stereocenters. The van der Waals surface area contributed by atoms with Crippen molar-refractivity contribution in [3.05, 3.63) is 77.1 Å². The number of amides is 1. The highest BCUT2D eigenvalue weighted by Gasteiger charge is 2.25. The Labute approximate surface area is 150 Å². The Morgan fingerprint density at radius 3 is 2.69 bits per heavy atom. The monoisotopic (exact) mass is 349 g/mol. The molecule has 7 heteroatoms. The largest absolute Gasteiger partial charge is 0.382 e. The number of fused-ring (bicyclic) bond motifs is 1. The molecule has 1 aromatic carbocycles. The summed E-state index contributed by atoms with van der Waals surface area (Å²) < 4.78 is 1.85. The zero-order chi connectivity index (χ0) is 18.1. The summed E-state index contributed by atoms with van der Waals surface area (Å²) in [6.45, 7) is 3.40. The standard InChI is InChI=1S/C19H19N5O2/c1-13-10-21-17(11-20-13)19(26)23-7-8-24-15(12-23)9-16(22-24)18(25)14-5-3-2-4-6-14/h2-6,9-11,18,25H,7-8,12H2,1H3/t18-/m1/s1. The van der Waals surface area contributed by atoms with E-state index in [1.54, 1.807) is 11.1 Å². The van der Waals surface area contributed by atoms with Gasteiger partial charge >= 0.3 is 0 Å². The van der Waals surface area contributed by atoms with Crippen LogP contribution in [0.15, 0.2) is 48.8 Å². The molecule has 0 radical (unpaired) electrons. The summed E-state index contributed by atoms with van der Waals surface area (Å²) in [5.74, 6) is -0.143. The number of carbonyl (C=O) groups excluding carboxylic acids is 1. The minimum absolute atomic E-state index is 0.143. The third kappa shape index (κ3) is 3.09. The van der Waals surface area contributed by atoms with Crippen molar-refractivity contribution in [1.29, 1.82) is 0 Å². The van der Waals surface area contributed by atoms with Gasteiger partial charge in [-0.1, -0.05) is 30.3 Å². The van der Waals surface area contributed by atoms with E-state index in [0.717, 1.165) is 17.0 Å². The molecule has 0 unspecified atom stereocenters. The fraction of sp³-hybridized carbons (Fsp3) is 0.263. The first-order valence-electron chi connectivity index (χ1n) is 8.49. The number of benzene rings is 1. The summed E-state index contributed by atoms with van der Waals surface area (Å²) in [5.41, 5.74) is 3.40. The van der Waals surface area contributed by atoms with Crippen LogP contribution in [0.4, 0.5) is 0 Å². The first kappa shape index (κ1) is 16.4. The van der Waals surface area contributed by atoms with Crippen molar-refractivity contribution < 1.29 is 9.90 Å². The van der Waals surface area contributed by atoms with Crippen molar-refractivity contribution in [1.82, 2.24) is 24.6 Å². The van der Waals surface area contributed by atoms with Crippen LogP contribution < -0.4 is 0 Å². The normalized spacial score (nSPS) is 14.8. The molecule has 0 bridgehead atoms. The van der Waals surface area contributed by atoms with Crippen LogP contribution in [-0.2, 0) is 13.1 Å². The molecule has 1 aliphatic rings. The number of aliphatic hydroxyl groups is 1. The zero-order valence-corrected chi connectivity index (χ0v) is 14.4. The maximum atomic E-state index is 12.6. The topological polar surface area (TPSA) is 84.1 Å². The van der Waals surface area contributed by atoms with Crippen LogP contribution >= 0.6 is 0 Å². The molecule has 1 amide bonds. The average Bonchev–Trinajstić information content (AvgIpc) is 3.11. The molecular weight excluding hydrogens is 330 g/mol. The highest BCUT2D eigenvalue weighted by Crippen LogP contribution is 2.24. The van der Waals surface area contributed by atoms with Gasteiger partial charge in [0.1, 0.15) is 11.8 Å². The number of hydrogen-bond acceptors (Lipinski definition) is 5. The number of aliphatic hydroxyl groups excluding tert-OH is 1. The summed E-state index contributed by atoms with van der Waals surface area (Å²) in [7, 11) is 0. The maximum Gasteiger partial charge on any atom is 0.274 e. The lowest BCUT2D eigenvalue weighted by Crippen LogP contribution is -2.38. The Kier molecular flexibility index (Phi) is 4.22. The van der Waals surface area contributed by atoms with E-state index in [-0.39, 0.29) is 5.91 Å². The summed E-state index contributed by atoms with van der Waals surface area (Å²) in [6, 6.07) is 11.3. The second-order valence-electron chi connectivity index (χ2n) is 6.37. The number of nitrogens with zero attached hydrogens (tertiary/aromatic N) is 5. The van der Waals surface area contributed by atoms with Crippen molar-refractivity contribution in [2.75, 3.05) is 6.54 Å². The van der Waals surface area contributed by atoms with Crippen molar-refractivity contribution in [3.8, 4) is 0 Å². The van der Waals surface area contributed by atoms with Gasteiger partial charge in [-0.25, -0.2) is 4.98 Å². The summed E-state index contributed by atoms with van der Waals surface area (Å²) in [5, 5.41) is 15.1. The van der Waals surface area contributed by atoms with E-state index in [1.165, 1.54) is 6.20 Å². The first-order valence-corrected chi connectivity index (χ1v) is 8.49. The van der Waals surface area contributed by atoms with Crippen molar-refractivity contribution in [2.24, 2.45) is 0 Å². The Morgan fingerprint density at radius 1 is 1.15 bits per heavy atom. The summed E-state index contributed by atoms with van der Waals surface area (Å²) >= 11 is 0. The Morgan fingerprint density at radius 2 is 1.96 bits per heavy atom. The van der Waals surface area contributed by atoms with Crippen molar-refractivity contribution in [2.45, 2.75) is 26.1 Å². The Hall–Kier alpha value is -3.06. The molecule has 3 aromatic rings. The molecule has 26 heavy (non-hydrogen) atoms. The average molecular weight is 349 g/mol. The Bertz CT molecular complexity index is 921. The lowest BCUT2D eigenvalue weighted by molar-refractivity contribution is 0.0699. The lowest BCUT2D eigenvalue weighted by atomic mass is 10.1. The molecule has 0 spiro atoms. The quantitative estimate of drug-likeness (QED) is 0.778. The summed E-state index contributed by atoms with van der Waals surface area (Å²) in [4.78, 5) is 22.7. The molecule has 2 aromatic heterocycles. The number of aromatic nitrogens is 4. The number of rotatable bonds is 3. The number of aryl methyl sites for hydroxylation is 1. The van der Waals surface area contributed by atoms with E-state index < -0.39 is 6.10 Å². The first-order chi connectivity index (χ1) is 12.6. The van der Waals surface area contributed by atoms with Gasteiger partial charge in [-0.3, -0.25) is 14.5 Å². The van der Waals surface area contributed by atoms with Crippen LogP contribution in [0.2, 0.25) is 0 Å². The van der Waals surface area contributed by atoms with Crippen molar-refractivity contribution in [3.63, 3.8) is 0 Å². The van der Waals surface area contributed by atoms with Gasteiger partial charge < -0.3 is 10.0 Å². The fourth-order valence-electron chi connectivity index (χ4n) is 3.07. The van der Waals surface area contributed by atoms with Gasteiger partial charge in [0, 0.05) is 12.7 Å².